The van der Waals surface area contributed by atoms with Crippen molar-refractivity contribution in [2.24, 2.45) is 5.92 Å². The highest BCUT2D eigenvalue weighted by molar-refractivity contribution is 5.90. The van der Waals surface area contributed by atoms with Gasteiger partial charge in [-0.3, -0.25) is 14.4 Å². The van der Waals surface area contributed by atoms with Crippen molar-refractivity contribution in [3.05, 3.63) is 71.3 Å². The van der Waals surface area contributed by atoms with Gasteiger partial charge in [-0.1, -0.05) is 68.4 Å². The third-order valence-electron chi connectivity index (χ3n) is 7.17. The molecule has 1 unspecified atom stereocenters. The van der Waals surface area contributed by atoms with E-state index in [2.05, 4.69) is 31.3 Å². The predicted molar refractivity (Wildman–Crippen MR) is 132 cm³/mol. The Labute approximate surface area is 206 Å². The van der Waals surface area contributed by atoms with Crippen LogP contribution in [-0.2, 0) is 14.4 Å². The number of carbonyl (C=O) groups is 3. The fraction of sp³-hybridized carbons (Fsp3) is 0.464. The lowest BCUT2D eigenvalue weighted by Gasteiger charge is -2.28. The second-order valence-electron chi connectivity index (χ2n) is 9.96. The lowest BCUT2D eigenvalue weighted by Crippen LogP contribution is -2.49. The molecule has 2 heterocycles. The molecule has 4 atom stereocenters. The third kappa shape index (κ3) is 5.55. The molecule has 186 valence electrons. The van der Waals surface area contributed by atoms with E-state index in [1.54, 1.807) is 4.90 Å². The van der Waals surface area contributed by atoms with E-state index in [1.807, 2.05) is 42.5 Å². The Morgan fingerprint density at radius 2 is 1.57 bits per heavy atom. The van der Waals surface area contributed by atoms with Crippen molar-refractivity contribution in [3.8, 4) is 0 Å². The maximum Gasteiger partial charge on any atom is 0.243 e. The summed E-state index contributed by atoms with van der Waals surface area (Å²) in [4.78, 5) is 41.4. The minimum atomic E-state index is -1.25. The zero-order valence-electron chi connectivity index (χ0n) is 20.6. The van der Waals surface area contributed by atoms with E-state index in [-0.39, 0.29) is 30.7 Å². The molecule has 0 spiro atoms. The average Bonchev–Trinajstić information content (AvgIpc) is 3.50. The zero-order chi connectivity index (χ0) is 25.1. The molecule has 2 aliphatic rings. The number of benzene rings is 2. The Morgan fingerprint density at radius 3 is 2.17 bits per heavy atom. The van der Waals surface area contributed by atoms with Crippen molar-refractivity contribution in [1.82, 2.24) is 15.1 Å². The largest absolute Gasteiger partial charge is 0.343 e. The molecular weight excluding hydrogens is 445 g/mol. The number of alkyl halides is 1. The highest BCUT2D eigenvalue weighted by Gasteiger charge is 2.44. The van der Waals surface area contributed by atoms with Gasteiger partial charge in [-0.05, 0) is 29.0 Å². The number of hydrogen-bond acceptors (Lipinski definition) is 3. The number of rotatable bonds is 6. The van der Waals surface area contributed by atoms with Gasteiger partial charge in [-0.15, -0.1) is 0 Å². The van der Waals surface area contributed by atoms with E-state index in [0.29, 0.717) is 25.4 Å². The third-order valence-corrected chi connectivity index (χ3v) is 7.17. The molecule has 4 rings (SSSR count). The molecular formula is C28H34FN3O3. The molecule has 0 radical (unpaired) electrons. The van der Waals surface area contributed by atoms with E-state index in [4.69, 9.17) is 0 Å². The van der Waals surface area contributed by atoms with Crippen molar-refractivity contribution in [3.63, 3.8) is 0 Å². The molecule has 3 amide bonds. The summed E-state index contributed by atoms with van der Waals surface area (Å²) in [6, 6.07) is 16.5. The van der Waals surface area contributed by atoms with Gasteiger partial charge in [0.1, 0.15) is 12.2 Å². The van der Waals surface area contributed by atoms with Gasteiger partial charge in [0.05, 0.1) is 18.5 Å². The first-order valence-corrected chi connectivity index (χ1v) is 12.4. The Balaban J connectivity index is 1.54. The van der Waals surface area contributed by atoms with Gasteiger partial charge in [-0.25, -0.2) is 4.39 Å². The number of likely N-dealkylation sites (tertiary alicyclic amines) is 2. The van der Waals surface area contributed by atoms with Crippen molar-refractivity contribution >= 4 is 17.7 Å². The van der Waals surface area contributed by atoms with Gasteiger partial charge in [0.25, 0.3) is 0 Å². The van der Waals surface area contributed by atoms with Crippen molar-refractivity contribution in [2.75, 3.05) is 19.6 Å². The van der Waals surface area contributed by atoms with Crippen molar-refractivity contribution < 1.29 is 18.8 Å². The summed E-state index contributed by atoms with van der Waals surface area (Å²) in [6.45, 7) is 6.48. The predicted octanol–water partition coefficient (Wildman–Crippen LogP) is 3.82. The fourth-order valence-corrected chi connectivity index (χ4v) is 5.08. The Morgan fingerprint density at radius 1 is 0.943 bits per heavy atom. The van der Waals surface area contributed by atoms with Crippen LogP contribution >= 0.6 is 0 Å². The van der Waals surface area contributed by atoms with E-state index in [9.17, 15) is 18.8 Å². The van der Waals surface area contributed by atoms with Crippen molar-refractivity contribution in [2.45, 2.75) is 57.8 Å². The van der Waals surface area contributed by atoms with Crippen LogP contribution in [0.4, 0.5) is 4.39 Å². The average molecular weight is 480 g/mol. The van der Waals surface area contributed by atoms with Crippen LogP contribution in [0.1, 0.15) is 62.3 Å². The monoisotopic (exact) mass is 479 g/mol. The van der Waals surface area contributed by atoms with E-state index >= 15 is 0 Å². The quantitative estimate of drug-likeness (QED) is 0.685. The number of amides is 3. The number of halogens is 1. The molecule has 2 fully saturated rings. The fourth-order valence-electron chi connectivity index (χ4n) is 5.08. The molecule has 6 nitrogen and oxygen atoms in total. The SMILES string of the molecule is CC(=O)N1CCC(C(=O)N2C[C@H](F)C[C@H]2C(=O)N[C@@H](c2ccccc2)c2ccc(C(C)C)cc2)C1. The van der Waals surface area contributed by atoms with Crippen LogP contribution in [-0.4, -0.2) is 59.4 Å². The molecule has 0 aromatic heterocycles. The van der Waals surface area contributed by atoms with Gasteiger partial charge < -0.3 is 15.1 Å². The summed E-state index contributed by atoms with van der Waals surface area (Å²) in [7, 11) is 0. The number of nitrogens with zero attached hydrogens (tertiary/aromatic N) is 2. The number of nitrogens with one attached hydrogen (secondary N) is 1. The molecule has 1 N–H and O–H groups in total. The van der Waals surface area contributed by atoms with E-state index in [0.717, 1.165) is 11.1 Å². The van der Waals surface area contributed by atoms with Gasteiger partial charge in [-0.2, -0.15) is 0 Å². The van der Waals surface area contributed by atoms with Crippen LogP contribution in [0.25, 0.3) is 0 Å². The topological polar surface area (TPSA) is 69.7 Å². The van der Waals surface area contributed by atoms with E-state index in [1.165, 1.54) is 17.4 Å². The molecule has 0 aliphatic carbocycles. The smallest absolute Gasteiger partial charge is 0.243 e. The molecule has 2 saturated heterocycles. The number of hydrogen-bond donors (Lipinski definition) is 1. The molecule has 2 aliphatic heterocycles. The van der Waals surface area contributed by atoms with Crippen LogP contribution < -0.4 is 5.32 Å². The normalized spacial score (nSPS) is 22.9. The highest BCUT2D eigenvalue weighted by atomic mass is 19.1. The minimum Gasteiger partial charge on any atom is -0.343 e. The second kappa shape index (κ2) is 10.6. The molecule has 0 bridgehead atoms. The van der Waals surface area contributed by atoms with Crippen LogP contribution in [0, 0.1) is 5.92 Å². The first kappa shape index (κ1) is 24.9. The van der Waals surface area contributed by atoms with E-state index < -0.39 is 24.2 Å². The highest BCUT2D eigenvalue weighted by Crippen LogP contribution is 2.29. The standard InChI is InChI=1S/C28H34FN3O3/c1-18(2)20-9-11-22(12-10-20)26(21-7-5-4-6-8-21)30-27(34)25-15-24(29)17-32(25)28(35)23-13-14-31(16-23)19(3)33/h4-12,18,23-26H,13-17H2,1-3H3,(H,30,34)/t23?,24-,25+,26+/m1/s1. The van der Waals surface area contributed by atoms with Crippen molar-refractivity contribution in [1.29, 1.82) is 0 Å². The Hall–Kier alpha value is -3.22. The Kier molecular flexibility index (Phi) is 7.53. The second-order valence-corrected chi connectivity index (χ2v) is 9.96. The minimum absolute atomic E-state index is 0.0193. The molecule has 0 saturated carbocycles. The molecule has 2 aromatic carbocycles. The van der Waals surface area contributed by atoms with Gasteiger partial charge in [0, 0.05) is 26.4 Å². The summed E-state index contributed by atoms with van der Waals surface area (Å²) >= 11 is 0. The maximum absolute atomic E-state index is 14.5. The first-order chi connectivity index (χ1) is 16.7. The zero-order valence-corrected chi connectivity index (χ0v) is 20.6. The first-order valence-electron chi connectivity index (χ1n) is 12.4. The van der Waals surface area contributed by atoms with Gasteiger partial charge >= 0.3 is 0 Å². The van der Waals surface area contributed by atoms with Crippen LogP contribution in [0.3, 0.4) is 0 Å². The molecule has 7 heteroatoms. The summed E-state index contributed by atoms with van der Waals surface area (Å²) < 4.78 is 14.5. The maximum atomic E-state index is 14.5. The lowest BCUT2D eigenvalue weighted by atomic mass is 9.95. The summed E-state index contributed by atoms with van der Waals surface area (Å²) in [5, 5.41) is 3.10. The van der Waals surface area contributed by atoms with Gasteiger partial charge in [0.15, 0.2) is 0 Å². The number of carbonyl (C=O) groups excluding carboxylic acids is 3. The van der Waals surface area contributed by atoms with Crippen LogP contribution in [0.2, 0.25) is 0 Å². The lowest BCUT2D eigenvalue weighted by molar-refractivity contribution is -0.141. The molecule has 35 heavy (non-hydrogen) atoms. The summed E-state index contributed by atoms with van der Waals surface area (Å²) in [5.74, 6) is -0.683. The van der Waals surface area contributed by atoms with Gasteiger partial charge in [0.2, 0.25) is 17.7 Å². The Bertz CT molecular complexity index is 1060. The summed E-state index contributed by atoms with van der Waals surface area (Å²) in [5.41, 5.74) is 3.05. The molecule has 2 aromatic rings. The summed E-state index contributed by atoms with van der Waals surface area (Å²) in [6.07, 6.45) is -0.732. The van der Waals surface area contributed by atoms with Crippen LogP contribution in [0.5, 0.6) is 0 Å². The van der Waals surface area contributed by atoms with Crippen LogP contribution in [0.15, 0.2) is 54.6 Å².